The number of likely N-dealkylation sites (tertiary alicyclic amines) is 1. The summed E-state index contributed by atoms with van der Waals surface area (Å²) in [5, 5.41) is 3.75. The molecule has 17 heavy (non-hydrogen) atoms. The molecule has 0 spiro atoms. The van der Waals surface area contributed by atoms with Gasteiger partial charge in [-0.3, -0.25) is 0 Å². The van der Waals surface area contributed by atoms with Gasteiger partial charge in [0, 0.05) is 31.2 Å². The molecule has 3 atom stereocenters. The van der Waals surface area contributed by atoms with Crippen LogP contribution < -0.4 is 5.32 Å². The third-order valence-corrected chi connectivity index (χ3v) is 4.98. The maximum absolute atomic E-state index is 5.49. The van der Waals surface area contributed by atoms with Crippen LogP contribution in [0.3, 0.4) is 0 Å². The van der Waals surface area contributed by atoms with E-state index in [1.54, 1.807) is 0 Å². The van der Waals surface area contributed by atoms with Gasteiger partial charge < -0.3 is 15.0 Å². The first kappa shape index (κ1) is 13.3. The summed E-state index contributed by atoms with van der Waals surface area (Å²) in [5.74, 6) is 0. The lowest BCUT2D eigenvalue weighted by Gasteiger charge is -2.52. The summed E-state index contributed by atoms with van der Waals surface area (Å²) in [5.41, 5.74) is 0.294. The van der Waals surface area contributed by atoms with Gasteiger partial charge in [-0.25, -0.2) is 0 Å². The summed E-state index contributed by atoms with van der Waals surface area (Å²) in [6.07, 6.45) is 5.72. The van der Waals surface area contributed by atoms with Gasteiger partial charge in [0.15, 0.2) is 0 Å². The molecule has 3 heteroatoms. The molecule has 3 unspecified atom stereocenters. The van der Waals surface area contributed by atoms with Crippen molar-refractivity contribution in [3.63, 3.8) is 0 Å². The summed E-state index contributed by atoms with van der Waals surface area (Å²) in [7, 11) is 4.09. The molecular formula is C14H28N2O. The van der Waals surface area contributed by atoms with Crippen LogP contribution in [0.2, 0.25) is 0 Å². The number of hydrogen-bond donors (Lipinski definition) is 1. The van der Waals surface area contributed by atoms with Crippen molar-refractivity contribution in [2.24, 2.45) is 5.41 Å². The number of ether oxygens (including phenoxy) is 1. The Labute approximate surface area is 106 Å². The van der Waals surface area contributed by atoms with Crippen LogP contribution in [-0.4, -0.2) is 50.3 Å². The molecule has 1 saturated carbocycles. The standard InChI is InChI=1S/C14H28N2O/c1-14(2)12(9-13(14)17-4)15-10-11-7-5-6-8-16(11)3/h11-13,15H,5-10H2,1-4H3. The molecule has 1 saturated heterocycles. The van der Waals surface area contributed by atoms with E-state index >= 15 is 0 Å². The predicted molar refractivity (Wildman–Crippen MR) is 71.3 cm³/mol. The van der Waals surface area contributed by atoms with Gasteiger partial charge in [-0.05, 0) is 32.9 Å². The van der Waals surface area contributed by atoms with Crippen LogP contribution in [0.4, 0.5) is 0 Å². The van der Waals surface area contributed by atoms with Crippen molar-refractivity contribution in [1.29, 1.82) is 0 Å². The summed E-state index contributed by atoms with van der Waals surface area (Å²) in [6, 6.07) is 1.36. The molecule has 0 aromatic rings. The van der Waals surface area contributed by atoms with Gasteiger partial charge >= 0.3 is 0 Å². The van der Waals surface area contributed by atoms with E-state index in [1.807, 2.05) is 7.11 Å². The summed E-state index contributed by atoms with van der Waals surface area (Å²) in [6.45, 7) is 7.03. The third-order valence-electron chi connectivity index (χ3n) is 4.98. The Bertz CT molecular complexity index is 255. The monoisotopic (exact) mass is 240 g/mol. The van der Waals surface area contributed by atoms with Gasteiger partial charge in [-0.2, -0.15) is 0 Å². The zero-order valence-electron chi connectivity index (χ0n) is 11.8. The highest BCUT2D eigenvalue weighted by Gasteiger charge is 2.48. The van der Waals surface area contributed by atoms with Crippen molar-refractivity contribution in [2.45, 2.75) is 57.7 Å². The molecule has 0 aromatic heterocycles. The van der Waals surface area contributed by atoms with Gasteiger partial charge in [-0.15, -0.1) is 0 Å². The summed E-state index contributed by atoms with van der Waals surface area (Å²) < 4.78 is 5.49. The molecule has 0 aromatic carbocycles. The first-order chi connectivity index (χ1) is 8.05. The van der Waals surface area contributed by atoms with Crippen LogP contribution >= 0.6 is 0 Å². The van der Waals surface area contributed by atoms with E-state index in [2.05, 4.69) is 31.1 Å². The quantitative estimate of drug-likeness (QED) is 0.812. The van der Waals surface area contributed by atoms with Crippen molar-refractivity contribution >= 4 is 0 Å². The minimum Gasteiger partial charge on any atom is -0.381 e. The Morgan fingerprint density at radius 1 is 1.35 bits per heavy atom. The fraction of sp³-hybridized carbons (Fsp3) is 1.00. The van der Waals surface area contributed by atoms with Crippen LogP contribution in [-0.2, 0) is 4.74 Å². The smallest absolute Gasteiger partial charge is 0.0652 e. The zero-order chi connectivity index (χ0) is 12.5. The van der Waals surface area contributed by atoms with Gasteiger partial charge in [0.2, 0.25) is 0 Å². The van der Waals surface area contributed by atoms with Crippen molar-refractivity contribution in [3.05, 3.63) is 0 Å². The van der Waals surface area contributed by atoms with E-state index in [0.717, 1.165) is 12.6 Å². The molecule has 0 amide bonds. The van der Waals surface area contributed by atoms with Crippen molar-refractivity contribution in [2.75, 3.05) is 27.2 Å². The van der Waals surface area contributed by atoms with Gasteiger partial charge in [-0.1, -0.05) is 20.3 Å². The van der Waals surface area contributed by atoms with E-state index in [0.29, 0.717) is 17.6 Å². The van der Waals surface area contributed by atoms with Crippen molar-refractivity contribution in [1.82, 2.24) is 10.2 Å². The first-order valence-electron chi connectivity index (χ1n) is 7.02. The lowest BCUT2D eigenvalue weighted by molar-refractivity contribution is -0.0986. The molecule has 3 nitrogen and oxygen atoms in total. The third kappa shape index (κ3) is 2.67. The summed E-state index contributed by atoms with van der Waals surface area (Å²) in [4.78, 5) is 2.51. The molecule has 1 N–H and O–H groups in total. The van der Waals surface area contributed by atoms with Gasteiger partial charge in [0.05, 0.1) is 6.10 Å². The minimum absolute atomic E-state index is 0.294. The highest BCUT2D eigenvalue weighted by Crippen LogP contribution is 2.42. The molecule has 2 fully saturated rings. The highest BCUT2D eigenvalue weighted by molar-refractivity contribution is 5.03. The van der Waals surface area contributed by atoms with E-state index < -0.39 is 0 Å². The average Bonchev–Trinajstić information content (AvgIpc) is 2.30. The second kappa shape index (κ2) is 5.25. The molecule has 100 valence electrons. The maximum Gasteiger partial charge on any atom is 0.0652 e. The van der Waals surface area contributed by atoms with Crippen LogP contribution in [0.1, 0.15) is 39.5 Å². The maximum atomic E-state index is 5.49. The van der Waals surface area contributed by atoms with Gasteiger partial charge in [0.25, 0.3) is 0 Å². The lowest BCUT2D eigenvalue weighted by Crippen LogP contribution is -2.62. The number of likely N-dealkylation sites (N-methyl/N-ethyl adjacent to an activating group) is 1. The molecule has 2 rings (SSSR count). The fourth-order valence-corrected chi connectivity index (χ4v) is 3.31. The normalized spacial score (nSPS) is 37.8. The van der Waals surface area contributed by atoms with Gasteiger partial charge in [0.1, 0.15) is 0 Å². The number of piperidine rings is 1. The zero-order valence-corrected chi connectivity index (χ0v) is 11.8. The largest absolute Gasteiger partial charge is 0.381 e. The van der Waals surface area contributed by atoms with Crippen LogP contribution in [0.15, 0.2) is 0 Å². The summed E-state index contributed by atoms with van der Waals surface area (Å²) >= 11 is 0. The Kier molecular flexibility index (Phi) is 4.11. The van der Waals surface area contributed by atoms with Crippen molar-refractivity contribution < 1.29 is 4.74 Å². The minimum atomic E-state index is 0.294. The number of nitrogens with zero attached hydrogens (tertiary/aromatic N) is 1. The molecule has 1 heterocycles. The van der Waals surface area contributed by atoms with E-state index in [-0.39, 0.29) is 0 Å². The van der Waals surface area contributed by atoms with E-state index in [4.69, 9.17) is 4.74 Å². The average molecular weight is 240 g/mol. The molecule has 0 radical (unpaired) electrons. The Morgan fingerprint density at radius 2 is 2.12 bits per heavy atom. The van der Waals surface area contributed by atoms with Crippen LogP contribution in [0.5, 0.6) is 0 Å². The second-order valence-corrected chi connectivity index (χ2v) is 6.37. The highest BCUT2D eigenvalue weighted by atomic mass is 16.5. The van der Waals surface area contributed by atoms with E-state index in [9.17, 15) is 0 Å². The topological polar surface area (TPSA) is 24.5 Å². The van der Waals surface area contributed by atoms with Crippen molar-refractivity contribution in [3.8, 4) is 0 Å². The Morgan fingerprint density at radius 3 is 2.71 bits per heavy atom. The first-order valence-corrected chi connectivity index (χ1v) is 7.02. The van der Waals surface area contributed by atoms with Crippen LogP contribution in [0.25, 0.3) is 0 Å². The number of hydrogen-bond acceptors (Lipinski definition) is 3. The number of methoxy groups -OCH3 is 1. The molecule has 0 bridgehead atoms. The molecular weight excluding hydrogens is 212 g/mol. The fourth-order valence-electron chi connectivity index (χ4n) is 3.31. The Hall–Kier alpha value is -0.120. The molecule has 1 aliphatic carbocycles. The number of nitrogens with one attached hydrogen (secondary N) is 1. The molecule has 2 aliphatic rings. The predicted octanol–water partition coefficient (Wildman–Crippen LogP) is 1.87. The SMILES string of the molecule is COC1CC(NCC2CCCCN2C)C1(C)C. The van der Waals surface area contributed by atoms with E-state index in [1.165, 1.54) is 32.2 Å². The number of rotatable bonds is 4. The second-order valence-electron chi connectivity index (χ2n) is 6.37. The molecule has 1 aliphatic heterocycles. The Balaban J connectivity index is 1.76. The lowest BCUT2D eigenvalue weighted by atomic mass is 9.64. The van der Waals surface area contributed by atoms with Crippen LogP contribution in [0, 0.1) is 5.41 Å².